The van der Waals surface area contributed by atoms with Crippen molar-refractivity contribution < 1.29 is 9.66 Å². The van der Waals surface area contributed by atoms with Gasteiger partial charge in [0, 0.05) is 7.05 Å². The molecule has 1 aromatic heterocycles. The summed E-state index contributed by atoms with van der Waals surface area (Å²) in [4.78, 5) is 18.0. The maximum atomic E-state index is 10.9. The molecule has 0 bridgehead atoms. The molecule has 1 atom stereocenters. The van der Waals surface area contributed by atoms with Crippen molar-refractivity contribution in [1.82, 2.24) is 4.98 Å². The maximum absolute atomic E-state index is 10.9. The van der Waals surface area contributed by atoms with Crippen LogP contribution in [0.3, 0.4) is 0 Å². The molecule has 0 N–H and O–H groups in total. The van der Waals surface area contributed by atoms with Crippen LogP contribution >= 0.6 is 11.6 Å². The summed E-state index contributed by atoms with van der Waals surface area (Å²) < 4.78 is 5.22. The van der Waals surface area contributed by atoms with Gasteiger partial charge in [0.15, 0.2) is 0 Å². The van der Waals surface area contributed by atoms with E-state index in [9.17, 15) is 10.1 Å². The van der Waals surface area contributed by atoms with Crippen molar-refractivity contribution in [3.63, 3.8) is 0 Å². The van der Waals surface area contributed by atoms with Gasteiger partial charge >= 0.3 is 6.23 Å². The normalized spacial score (nSPS) is 13.2. The van der Waals surface area contributed by atoms with Gasteiger partial charge in [0.25, 0.3) is 0 Å². The molecule has 92 valence electrons. The first-order valence-corrected chi connectivity index (χ1v) is 5.33. The van der Waals surface area contributed by atoms with Gasteiger partial charge < -0.3 is 4.74 Å². The summed E-state index contributed by atoms with van der Waals surface area (Å²) in [5, 5.41) is 11.2. The van der Waals surface area contributed by atoms with Crippen molar-refractivity contribution in [2.24, 2.45) is 4.99 Å². The number of hydrogen-bond acceptors (Lipinski definition) is 5. The Kier molecular flexibility index (Phi) is 4.84. The number of nitrogens with zero attached hydrogens (tertiary/aromatic N) is 3. The van der Waals surface area contributed by atoms with E-state index in [4.69, 9.17) is 16.3 Å². The summed E-state index contributed by atoms with van der Waals surface area (Å²) in [5.74, 6) is 0.283. The fraction of sp³-hybridized carbons (Fsp3) is 0.400. The van der Waals surface area contributed by atoms with E-state index in [0.717, 1.165) is 0 Å². The van der Waals surface area contributed by atoms with Crippen LogP contribution in [0, 0.1) is 10.1 Å². The number of nitro groups is 1. The molecule has 6 nitrogen and oxygen atoms in total. The van der Waals surface area contributed by atoms with Gasteiger partial charge in [-0.05, 0) is 18.6 Å². The van der Waals surface area contributed by atoms with E-state index in [1.807, 2.05) is 0 Å². The van der Waals surface area contributed by atoms with E-state index in [1.165, 1.54) is 25.4 Å². The highest BCUT2D eigenvalue weighted by atomic mass is 35.5. The number of halogens is 1. The molecule has 7 heteroatoms. The standard InChI is InChI=1S/C10H12ClN3O3/c1-3-8(12-2)10(14(15)16)17-7-4-5-9(11)13-6-7/h4-6,10H,3H2,1-2H3. The Hall–Kier alpha value is -1.69. The second kappa shape index (κ2) is 6.15. The third-order valence-electron chi connectivity index (χ3n) is 2.07. The second-order valence-corrected chi connectivity index (χ2v) is 3.53. The SMILES string of the molecule is CCC(=NC)C(Oc1ccc(Cl)nc1)[N+](=O)[O-]. The number of ether oxygens (including phenoxy) is 1. The fourth-order valence-electron chi connectivity index (χ4n) is 1.24. The molecule has 0 aromatic carbocycles. The molecule has 17 heavy (non-hydrogen) atoms. The van der Waals surface area contributed by atoms with Gasteiger partial charge in [-0.1, -0.05) is 18.5 Å². The highest BCUT2D eigenvalue weighted by Crippen LogP contribution is 2.15. The van der Waals surface area contributed by atoms with Gasteiger partial charge in [-0.2, -0.15) is 0 Å². The van der Waals surface area contributed by atoms with Crippen LogP contribution in [0.2, 0.25) is 5.15 Å². The van der Waals surface area contributed by atoms with Crippen molar-refractivity contribution in [1.29, 1.82) is 0 Å². The van der Waals surface area contributed by atoms with Gasteiger partial charge in [-0.3, -0.25) is 15.1 Å². The van der Waals surface area contributed by atoms with Crippen molar-refractivity contribution in [2.75, 3.05) is 7.05 Å². The number of hydrogen-bond donors (Lipinski definition) is 0. The molecule has 0 spiro atoms. The lowest BCUT2D eigenvalue weighted by Gasteiger charge is -2.12. The van der Waals surface area contributed by atoms with Crippen LogP contribution in [0.25, 0.3) is 0 Å². The molecular formula is C10H12ClN3O3. The molecule has 0 amide bonds. The maximum Gasteiger partial charge on any atom is 0.393 e. The van der Waals surface area contributed by atoms with E-state index >= 15 is 0 Å². The van der Waals surface area contributed by atoms with Crippen molar-refractivity contribution in [3.8, 4) is 5.75 Å². The summed E-state index contributed by atoms with van der Waals surface area (Å²) in [6, 6.07) is 3.03. The molecule has 1 unspecified atom stereocenters. The van der Waals surface area contributed by atoms with E-state index in [1.54, 1.807) is 6.92 Å². The number of rotatable bonds is 5. The predicted octanol–water partition coefficient (Wildman–Crippen LogP) is 2.20. The first kappa shape index (κ1) is 13.4. The van der Waals surface area contributed by atoms with Crippen molar-refractivity contribution in [2.45, 2.75) is 19.6 Å². The lowest BCUT2D eigenvalue weighted by atomic mass is 10.2. The topological polar surface area (TPSA) is 77.6 Å². The highest BCUT2D eigenvalue weighted by Gasteiger charge is 2.27. The third-order valence-corrected chi connectivity index (χ3v) is 2.30. The van der Waals surface area contributed by atoms with Crippen LogP contribution in [-0.4, -0.2) is 28.9 Å². The highest BCUT2D eigenvalue weighted by molar-refractivity contribution is 6.29. The zero-order valence-electron chi connectivity index (χ0n) is 9.46. The van der Waals surface area contributed by atoms with Crippen LogP contribution in [0.4, 0.5) is 0 Å². The lowest BCUT2D eigenvalue weighted by molar-refractivity contribution is -0.540. The van der Waals surface area contributed by atoms with Gasteiger partial charge in [0.1, 0.15) is 16.6 Å². The van der Waals surface area contributed by atoms with Gasteiger partial charge in [0.05, 0.1) is 11.1 Å². The summed E-state index contributed by atoms with van der Waals surface area (Å²) in [5.41, 5.74) is 0.366. The Morgan fingerprint density at radius 3 is 2.82 bits per heavy atom. The number of pyridine rings is 1. The van der Waals surface area contributed by atoms with Gasteiger partial charge in [0.2, 0.25) is 0 Å². The Morgan fingerprint density at radius 1 is 1.71 bits per heavy atom. The minimum absolute atomic E-state index is 0.283. The Labute approximate surface area is 103 Å². The molecule has 1 aromatic rings. The van der Waals surface area contributed by atoms with E-state index < -0.39 is 11.2 Å². The lowest BCUT2D eigenvalue weighted by Crippen LogP contribution is -2.35. The van der Waals surface area contributed by atoms with E-state index in [0.29, 0.717) is 17.3 Å². The van der Waals surface area contributed by atoms with Crippen LogP contribution in [0.1, 0.15) is 13.3 Å². The van der Waals surface area contributed by atoms with Crippen LogP contribution in [0.15, 0.2) is 23.3 Å². The molecule has 1 rings (SSSR count). The van der Waals surface area contributed by atoms with E-state index in [2.05, 4.69) is 9.98 Å². The molecular weight excluding hydrogens is 246 g/mol. The van der Waals surface area contributed by atoms with E-state index in [-0.39, 0.29) is 5.75 Å². The molecule has 0 saturated heterocycles. The quantitative estimate of drug-likeness (QED) is 0.266. The third kappa shape index (κ3) is 3.67. The minimum atomic E-state index is -1.28. The average molecular weight is 258 g/mol. The first-order chi connectivity index (χ1) is 8.08. The summed E-state index contributed by atoms with van der Waals surface area (Å²) in [6.45, 7) is 1.78. The predicted molar refractivity (Wildman–Crippen MR) is 64.3 cm³/mol. The Morgan fingerprint density at radius 2 is 2.41 bits per heavy atom. The van der Waals surface area contributed by atoms with Crippen LogP contribution < -0.4 is 4.74 Å². The Balaban J connectivity index is 2.87. The zero-order valence-corrected chi connectivity index (χ0v) is 10.2. The molecule has 0 fully saturated rings. The number of aromatic nitrogens is 1. The first-order valence-electron chi connectivity index (χ1n) is 4.95. The van der Waals surface area contributed by atoms with Crippen LogP contribution in [0.5, 0.6) is 5.75 Å². The minimum Gasteiger partial charge on any atom is -0.424 e. The summed E-state index contributed by atoms with van der Waals surface area (Å²) in [6.07, 6.45) is 0.498. The largest absolute Gasteiger partial charge is 0.424 e. The number of aliphatic imine (C=N–C) groups is 1. The van der Waals surface area contributed by atoms with Crippen molar-refractivity contribution >= 4 is 17.3 Å². The Bertz CT molecular complexity index is 419. The molecule has 0 aliphatic heterocycles. The fourth-order valence-corrected chi connectivity index (χ4v) is 1.35. The molecule has 0 aliphatic carbocycles. The molecule has 0 saturated carbocycles. The smallest absolute Gasteiger partial charge is 0.393 e. The van der Waals surface area contributed by atoms with Crippen LogP contribution in [-0.2, 0) is 0 Å². The molecule has 0 radical (unpaired) electrons. The summed E-state index contributed by atoms with van der Waals surface area (Å²) >= 11 is 5.60. The van der Waals surface area contributed by atoms with Gasteiger partial charge in [-0.15, -0.1) is 0 Å². The average Bonchev–Trinajstić information content (AvgIpc) is 2.31. The second-order valence-electron chi connectivity index (χ2n) is 3.14. The molecule has 0 aliphatic rings. The summed E-state index contributed by atoms with van der Waals surface area (Å²) in [7, 11) is 1.50. The van der Waals surface area contributed by atoms with Gasteiger partial charge in [-0.25, -0.2) is 4.98 Å². The molecule has 1 heterocycles. The van der Waals surface area contributed by atoms with Crippen molar-refractivity contribution in [3.05, 3.63) is 33.6 Å². The zero-order chi connectivity index (χ0) is 12.8. The monoisotopic (exact) mass is 257 g/mol.